The second-order valence-electron chi connectivity index (χ2n) is 4.03. The van der Waals surface area contributed by atoms with E-state index in [9.17, 15) is 0 Å². The van der Waals surface area contributed by atoms with E-state index in [4.69, 9.17) is 16.1 Å². The van der Waals surface area contributed by atoms with E-state index in [1.54, 1.807) is 12.1 Å². The topological polar surface area (TPSA) is 51.0 Å². The molecule has 0 spiro atoms. The number of halogens is 3. The Balaban J connectivity index is 0.00000180. The summed E-state index contributed by atoms with van der Waals surface area (Å²) in [5.41, 5.74) is 0.804. The van der Waals surface area contributed by atoms with Gasteiger partial charge in [-0.05, 0) is 48.1 Å². The van der Waals surface area contributed by atoms with Gasteiger partial charge in [0.15, 0.2) is 5.82 Å². The van der Waals surface area contributed by atoms with E-state index in [2.05, 4.69) is 38.3 Å². The predicted octanol–water partition coefficient (Wildman–Crippen LogP) is 3.72. The van der Waals surface area contributed by atoms with Crippen LogP contribution in [0.2, 0.25) is 5.02 Å². The Kier molecular flexibility index (Phi) is 6.26. The van der Waals surface area contributed by atoms with Gasteiger partial charge in [0, 0.05) is 22.0 Å². The van der Waals surface area contributed by atoms with Gasteiger partial charge in [0.1, 0.15) is 0 Å². The lowest BCUT2D eigenvalue weighted by Gasteiger charge is -2.04. The first-order valence-electron chi connectivity index (χ1n) is 5.55. The molecule has 0 radical (unpaired) electrons. The van der Waals surface area contributed by atoms with Crippen LogP contribution in [0, 0.1) is 0 Å². The highest BCUT2D eigenvalue weighted by atomic mass is 79.9. The van der Waals surface area contributed by atoms with E-state index < -0.39 is 0 Å². The van der Waals surface area contributed by atoms with Crippen molar-refractivity contribution >= 4 is 39.9 Å². The van der Waals surface area contributed by atoms with E-state index in [0.29, 0.717) is 22.8 Å². The number of hydrogen-bond donors (Lipinski definition) is 1. The highest BCUT2D eigenvalue weighted by Gasteiger charge is 2.13. The minimum atomic E-state index is 0. The lowest BCUT2D eigenvalue weighted by Crippen LogP contribution is -2.24. The third-order valence-corrected chi connectivity index (χ3v) is 3.54. The quantitative estimate of drug-likeness (QED) is 0.895. The number of nitrogens with zero attached hydrogens (tertiary/aromatic N) is 2. The number of likely N-dealkylation sites (N-methyl/N-ethyl adjacent to an activating group) is 1. The minimum absolute atomic E-state index is 0. The Hall–Kier alpha value is -0.620. The number of nitrogens with one attached hydrogen (secondary N) is 1. The van der Waals surface area contributed by atoms with Gasteiger partial charge in [-0.1, -0.05) is 16.8 Å². The normalized spacial score (nSPS) is 12.0. The summed E-state index contributed by atoms with van der Waals surface area (Å²) in [5, 5.41) is 7.73. The predicted molar refractivity (Wildman–Crippen MR) is 81.9 cm³/mol. The van der Waals surface area contributed by atoms with Crippen LogP contribution in [-0.2, 0) is 6.42 Å². The number of hydrogen-bond acceptors (Lipinski definition) is 4. The molecule has 0 aliphatic carbocycles. The van der Waals surface area contributed by atoms with Crippen LogP contribution in [0.25, 0.3) is 11.5 Å². The van der Waals surface area contributed by atoms with Gasteiger partial charge in [0.05, 0.1) is 5.56 Å². The van der Waals surface area contributed by atoms with Gasteiger partial charge in [-0.3, -0.25) is 0 Å². The Labute approximate surface area is 131 Å². The van der Waals surface area contributed by atoms with Crippen molar-refractivity contribution in [3.63, 3.8) is 0 Å². The van der Waals surface area contributed by atoms with Crippen LogP contribution in [-0.4, -0.2) is 23.2 Å². The van der Waals surface area contributed by atoms with Crippen molar-refractivity contribution < 1.29 is 4.52 Å². The lowest BCUT2D eigenvalue weighted by atomic mass is 10.2. The van der Waals surface area contributed by atoms with Gasteiger partial charge in [-0.25, -0.2) is 0 Å². The molecule has 0 amide bonds. The summed E-state index contributed by atoms with van der Waals surface area (Å²) >= 11 is 9.40. The monoisotopic (exact) mass is 365 g/mol. The maximum Gasteiger partial charge on any atom is 0.259 e. The van der Waals surface area contributed by atoms with E-state index in [1.807, 2.05) is 13.1 Å². The molecular weight excluding hydrogens is 353 g/mol. The molecule has 0 saturated heterocycles. The van der Waals surface area contributed by atoms with E-state index >= 15 is 0 Å². The van der Waals surface area contributed by atoms with Gasteiger partial charge in [0.2, 0.25) is 0 Å². The fourth-order valence-electron chi connectivity index (χ4n) is 1.48. The molecule has 1 unspecified atom stereocenters. The zero-order valence-electron chi connectivity index (χ0n) is 10.5. The molecule has 1 N–H and O–H groups in total. The fraction of sp³-hybridized carbons (Fsp3) is 0.333. The Morgan fingerprint density at radius 1 is 1.47 bits per heavy atom. The molecule has 2 rings (SSSR count). The van der Waals surface area contributed by atoms with E-state index in [-0.39, 0.29) is 12.4 Å². The van der Waals surface area contributed by atoms with Crippen molar-refractivity contribution in [3.05, 3.63) is 33.5 Å². The van der Waals surface area contributed by atoms with Crippen LogP contribution < -0.4 is 5.32 Å². The first-order valence-corrected chi connectivity index (χ1v) is 6.72. The van der Waals surface area contributed by atoms with Crippen molar-refractivity contribution in [2.75, 3.05) is 7.05 Å². The van der Waals surface area contributed by atoms with Crippen molar-refractivity contribution in [2.24, 2.45) is 0 Å². The Morgan fingerprint density at radius 3 is 2.89 bits per heavy atom. The standard InChI is InChI=1S/C12H13BrClN3O.ClH/c1-7(15-2)5-11-16-12(18-17-11)9-6-8(14)3-4-10(9)13;/h3-4,6-7,15H,5H2,1-2H3;1H. The molecule has 4 nitrogen and oxygen atoms in total. The molecule has 1 aromatic heterocycles. The number of aromatic nitrogens is 2. The minimum Gasteiger partial charge on any atom is -0.334 e. The summed E-state index contributed by atoms with van der Waals surface area (Å²) in [7, 11) is 1.90. The highest BCUT2D eigenvalue weighted by Crippen LogP contribution is 2.29. The van der Waals surface area contributed by atoms with Crippen LogP contribution in [0.1, 0.15) is 12.7 Å². The average Bonchev–Trinajstić information content (AvgIpc) is 2.80. The summed E-state index contributed by atoms with van der Waals surface area (Å²) < 4.78 is 6.13. The van der Waals surface area contributed by atoms with E-state index in [0.717, 1.165) is 16.5 Å². The largest absolute Gasteiger partial charge is 0.334 e. The van der Waals surface area contributed by atoms with Crippen molar-refractivity contribution in [1.82, 2.24) is 15.5 Å². The zero-order chi connectivity index (χ0) is 13.1. The third kappa shape index (κ3) is 4.18. The summed E-state index contributed by atoms with van der Waals surface area (Å²) in [6.07, 6.45) is 0.720. The first-order chi connectivity index (χ1) is 8.60. The van der Waals surface area contributed by atoms with Gasteiger partial charge in [0.25, 0.3) is 5.89 Å². The van der Waals surface area contributed by atoms with Crippen molar-refractivity contribution in [3.8, 4) is 11.5 Å². The first kappa shape index (κ1) is 16.4. The summed E-state index contributed by atoms with van der Waals surface area (Å²) in [5.74, 6) is 1.15. The Bertz CT molecular complexity index is 548. The molecule has 104 valence electrons. The molecule has 0 aliphatic heterocycles. The van der Waals surface area contributed by atoms with Gasteiger partial charge in [-0.15, -0.1) is 12.4 Å². The fourth-order valence-corrected chi connectivity index (χ4v) is 2.07. The lowest BCUT2D eigenvalue weighted by molar-refractivity contribution is 0.418. The molecule has 2 aromatic rings. The number of benzene rings is 1. The van der Waals surface area contributed by atoms with Gasteiger partial charge < -0.3 is 9.84 Å². The average molecular weight is 367 g/mol. The zero-order valence-corrected chi connectivity index (χ0v) is 13.6. The van der Waals surface area contributed by atoms with Crippen LogP contribution >= 0.6 is 39.9 Å². The van der Waals surface area contributed by atoms with Crippen LogP contribution in [0.3, 0.4) is 0 Å². The van der Waals surface area contributed by atoms with Crippen LogP contribution in [0.4, 0.5) is 0 Å². The summed E-state index contributed by atoms with van der Waals surface area (Å²) in [6, 6.07) is 5.76. The molecule has 0 bridgehead atoms. The second kappa shape index (κ2) is 7.24. The Morgan fingerprint density at radius 2 is 2.21 bits per heavy atom. The van der Waals surface area contributed by atoms with Crippen molar-refractivity contribution in [2.45, 2.75) is 19.4 Å². The summed E-state index contributed by atoms with van der Waals surface area (Å²) in [4.78, 5) is 4.36. The highest BCUT2D eigenvalue weighted by molar-refractivity contribution is 9.10. The second-order valence-corrected chi connectivity index (χ2v) is 5.32. The van der Waals surface area contributed by atoms with Gasteiger partial charge >= 0.3 is 0 Å². The van der Waals surface area contributed by atoms with Gasteiger partial charge in [-0.2, -0.15) is 4.98 Å². The molecule has 0 fully saturated rings. The van der Waals surface area contributed by atoms with Crippen LogP contribution in [0.5, 0.6) is 0 Å². The van der Waals surface area contributed by atoms with Crippen molar-refractivity contribution in [1.29, 1.82) is 0 Å². The van der Waals surface area contributed by atoms with Crippen LogP contribution in [0.15, 0.2) is 27.2 Å². The van der Waals surface area contributed by atoms with E-state index in [1.165, 1.54) is 0 Å². The smallest absolute Gasteiger partial charge is 0.259 e. The maximum absolute atomic E-state index is 5.96. The maximum atomic E-state index is 5.96. The molecule has 1 atom stereocenters. The molecular formula is C12H14BrCl2N3O. The summed E-state index contributed by atoms with van der Waals surface area (Å²) in [6.45, 7) is 2.06. The number of rotatable bonds is 4. The molecule has 1 heterocycles. The molecule has 0 saturated carbocycles. The molecule has 7 heteroatoms. The third-order valence-electron chi connectivity index (χ3n) is 2.61. The molecule has 0 aliphatic rings. The molecule has 1 aromatic carbocycles. The SMILES string of the molecule is CNC(C)Cc1noc(-c2cc(Cl)ccc2Br)n1.Cl. The molecule has 19 heavy (non-hydrogen) atoms.